The summed E-state index contributed by atoms with van der Waals surface area (Å²) in [5.74, 6) is 3.04. The van der Waals surface area contributed by atoms with Gasteiger partial charge in [0, 0.05) is 23.9 Å². The third-order valence-corrected chi connectivity index (χ3v) is 5.53. The van der Waals surface area contributed by atoms with Gasteiger partial charge in [0.25, 0.3) is 0 Å². The molecule has 2 aliphatic rings. The van der Waals surface area contributed by atoms with Crippen molar-refractivity contribution in [1.82, 2.24) is 25.1 Å². The standard InChI is InChI=1S/C20H23N5O.ClH/c1-13-22-20(15-6-8-18-17(12-15)21-10-11-26-18)25(24-13)19-9-7-14-4-2-3-5-16(14)23-19;/h2-5,7,9,15,17-18,21H,6,8,10-12H2,1H3;1H/t15-,17+,18+;/m0./s1. The van der Waals surface area contributed by atoms with Crippen LogP contribution in [0.4, 0.5) is 0 Å². The summed E-state index contributed by atoms with van der Waals surface area (Å²) < 4.78 is 7.86. The average molecular weight is 386 g/mol. The van der Waals surface area contributed by atoms with Gasteiger partial charge >= 0.3 is 0 Å². The highest BCUT2D eigenvalue weighted by atomic mass is 35.5. The molecule has 0 unspecified atom stereocenters. The number of aromatic nitrogens is 4. The van der Waals surface area contributed by atoms with Crippen LogP contribution >= 0.6 is 12.4 Å². The van der Waals surface area contributed by atoms with Crippen molar-refractivity contribution in [2.45, 2.75) is 44.2 Å². The molecule has 2 aromatic heterocycles. The minimum Gasteiger partial charge on any atom is -0.375 e. The number of ether oxygens (including phenoxy) is 1. The van der Waals surface area contributed by atoms with E-state index in [2.05, 4.69) is 22.5 Å². The molecule has 5 rings (SSSR count). The molecule has 27 heavy (non-hydrogen) atoms. The van der Waals surface area contributed by atoms with E-state index in [0.29, 0.717) is 18.1 Å². The summed E-state index contributed by atoms with van der Waals surface area (Å²) in [5.41, 5.74) is 0.982. The summed E-state index contributed by atoms with van der Waals surface area (Å²) >= 11 is 0. The van der Waals surface area contributed by atoms with Gasteiger partial charge in [0.2, 0.25) is 0 Å². The van der Waals surface area contributed by atoms with Crippen LogP contribution < -0.4 is 5.32 Å². The van der Waals surface area contributed by atoms with Gasteiger partial charge in [0.05, 0.1) is 18.2 Å². The second-order valence-electron chi connectivity index (χ2n) is 7.27. The molecular weight excluding hydrogens is 362 g/mol. The number of rotatable bonds is 2. The number of hydrogen-bond acceptors (Lipinski definition) is 5. The summed E-state index contributed by atoms with van der Waals surface area (Å²) in [7, 11) is 0. The molecule has 0 amide bonds. The third-order valence-electron chi connectivity index (χ3n) is 5.53. The van der Waals surface area contributed by atoms with Crippen molar-refractivity contribution in [3.8, 4) is 5.82 Å². The highest BCUT2D eigenvalue weighted by Gasteiger charge is 2.35. The molecule has 0 bridgehead atoms. The maximum atomic E-state index is 5.92. The topological polar surface area (TPSA) is 64.9 Å². The lowest BCUT2D eigenvalue weighted by molar-refractivity contribution is -0.0281. The number of halogens is 1. The Labute approximate surface area is 164 Å². The van der Waals surface area contributed by atoms with Crippen molar-refractivity contribution in [1.29, 1.82) is 0 Å². The van der Waals surface area contributed by atoms with Crippen LogP contribution in [-0.4, -0.2) is 45.0 Å². The third kappa shape index (κ3) is 3.45. The number of hydrogen-bond donors (Lipinski definition) is 1. The molecule has 3 atom stereocenters. The van der Waals surface area contributed by atoms with Gasteiger partial charge in [0.1, 0.15) is 11.6 Å². The van der Waals surface area contributed by atoms with E-state index in [1.54, 1.807) is 0 Å². The van der Waals surface area contributed by atoms with Crippen LogP contribution in [0.1, 0.15) is 36.8 Å². The van der Waals surface area contributed by atoms with Crippen molar-refractivity contribution >= 4 is 23.3 Å². The van der Waals surface area contributed by atoms with Gasteiger partial charge in [-0.3, -0.25) is 0 Å². The molecule has 1 aliphatic carbocycles. The zero-order chi connectivity index (χ0) is 17.5. The van der Waals surface area contributed by atoms with Crippen LogP contribution in [0, 0.1) is 6.92 Å². The lowest BCUT2D eigenvalue weighted by Gasteiger charge is -2.39. The lowest BCUT2D eigenvalue weighted by atomic mass is 9.82. The molecule has 1 aromatic carbocycles. The first kappa shape index (κ1) is 18.3. The quantitative estimate of drug-likeness (QED) is 0.734. The van der Waals surface area contributed by atoms with Gasteiger partial charge in [0.15, 0.2) is 5.82 Å². The molecule has 6 nitrogen and oxygen atoms in total. The number of aryl methyl sites for hydroxylation is 1. The molecule has 1 saturated heterocycles. The summed E-state index contributed by atoms with van der Waals surface area (Å²) in [6.07, 6.45) is 3.53. The van der Waals surface area contributed by atoms with Gasteiger partial charge in [-0.15, -0.1) is 17.5 Å². The summed E-state index contributed by atoms with van der Waals surface area (Å²) in [4.78, 5) is 9.59. The molecule has 1 saturated carbocycles. The molecule has 3 aromatic rings. The van der Waals surface area contributed by atoms with Crippen LogP contribution in [0.5, 0.6) is 0 Å². The van der Waals surface area contributed by atoms with E-state index in [9.17, 15) is 0 Å². The second kappa shape index (κ2) is 7.54. The maximum Gasteiger partial charge on any atom is 0.156 e. The van der Waals surface area contributed by atoms with Crippen LogP contribution in [-0.2, 0) is 4.74 Å². The molecule has 7 heteroatoms. The minimum absolute atomic E-state index is 0. The summed E-state index contributed by atoms with van der Waals surface area (Å²) in [6.45, 7) is 3.71. The van der Waals surface area contributed by atoms with Crippen molar-refractivity contribution in [3.63, 3.8) is 0 Å². The zero-order valence-electron chi connectivity index (χ0n) is 15.3. The number of morpholine rings is 1. The van der Waals surface area contributed by atoms with Crippen LogP contribution in [0.2, 0.25) is 0 Å². The van der Waals surface area contributed by atoms with Crippen LogP contribution in [0.15, 0.2) is 36.4 Å². The molecule has 1 N–H and O–H groups in total. The average Bonchev–Trinajstić information content (AvgIpc) is 3.09. The molecular formula is C20H24ClN5O. The van der Waals surface area contributed by atoms with Crippen molar-refractivity contribution in [3.05, 3.63) is 48.0 Å². The number of benzene rings is 1. The Morgan fingerprint density at radius 2 is 2.00 bits per heavy atom. The molecule has 0 radical (unpaired) electrons. The fourth-order valence-corrected chi connectivity index (χ4v) is 4.28. The Bertz CT molecular complexity index is 943. The van der Waals surface area contributed by atoms with Crippen LogP contribution in [0.25, 0.3) is 16.7 Å². The smallest absolute Gasteiger partial charge is 0.156 e. The van der Waals surface area contributed by atoms with E-state index in [0.717, 1.165) is 60.8 Å². The Kier molecular flexibility index (Phi) is 5.12. The number of fused-ring (bicyclic) bond motifs is 2. The number of pyridine rings is 1. The van der Waals surface area contributed by atoms with Gasteiger partial charge in [-0.05, 0) is 44.4 Å². The minimum atomic E-state index is 0. The van der Waals surface area contributed by atoms with Crippen LogP contribution in [0.3, 0.4) is 0 Å². The summed E-state index contributed by atoms with van der Waals surface area (Å²) in [5, 5.41) is 9.41. The highest BCUT2D eigenvalue weighted by molar-refractivity contribution is 5.85. The van der Waals surface area contributed by atoms with E-state index in [4.69, 9.17) is 14.7 Å². The fourth-order valence-electron chi connectivity index (χ4n) is 4.28. The second-order valence-corrected chi connectivity index (χ2v) is 7.27. The van der Waals surface area contributed by atoms with Gasteiger partial charge < -0.3 is 10.1 Å². The number of para-hydroxylation sites is 1. The molecule has 3 heterocycles. The van der Waals surface area contributed by atoms with Crippen molar-refractivity contribution in [2.75, 3.05) is 13.2 Å². The number of nitrogens with zero attached hydrogens (tertiary/aromatic N) is 4. The monoisotopic (exact) mass is 385 g/mol. The van der Waals surface area contributed by atoms with Gasteiger partial charge in [-0.1, -0.05) is 18.2 Å². The first-order valence-corrected chi connectivity index (χ1v) is 9.42. The Morgan fingerprint density at radius 1 is 1.11 bits per heavy atom. The zero-order valence-corrected chi connectivity index (χ0v) is 16.2. The van der Waals surface area contributed by atoms with E-state index < -0.39 is 0 Å². The normalized spacial score (nSPS) is 25.0. The predicted octanol–water partition coefficient (Wildman–Crippen LogP) is 3.17. The van der Waals surface area contributed by atoms with E-state index in [1.165, 1.54) is 0 Å². The van der Waals surface area contributed by atoms with E-state index in [1.807, 2.05) is 35.9 Å². The maximum absolute atomic E-state index is 5.92. The van der Waals surface area contributed by atoms with E-state index in [-0.39, 0.29) is 12.4 Å². The fraction of sp³-hybridized carbons (Fsp3) is 0.450. The summed E-state index contributed by atoms with van der Waals surface area (Å²) in [6, 6.07) is 12.7. The van der Waals surface area contributed by atoms with Crippen molar-refractivity contribution < 1.29 is 4.74 Å². The first-order valence-electron chi connectivity index (χ1n) is 9.42. The Balaban J connectivity index is 0.00000180. The number of nitrogens with one attached hydrogen (secondary N) is 1. The van der Waals surface area contributed by atoms with Gasteiger partial charge in [-0.25, -0.2) is 9.97 Å². The Morgan fingerprint density at radius 3 is 2.93 bits per heavy atom. The first-order chi connectivity index (χ1) is 12.8. The lowest BCUT2D eigenvalue weighted by Crippen LogP contribution is -2.51. The highest BCUT2D eigenvalue weighted by Crippen LogP contribution is 2.35. The SMILES string of the molecule is Cc1nc([C@H]2CC[C@H]3OCCN[C@@H]3C2)n(-c2ccc3ccccc3n2)n1.Cl. The van der Waals surface area contributed by atoms with E-state index >= 15 is 0 Å². The Hall–Kier alpha value is -2.02. The molecule has 142 valence electrons. The predicted molar refractivity (Wildman–Crippen MR) is 107 cm³/mol. The molecule has 2 fully saturated rings. The largest absolute Gasteiger partial charge is 0.375 e. The molecule has 1 aliphatic heterocycles. The van der Waals surface area contributed by atoms with Gasteiger partial charge in [-0.2, -0.15) is 4.68 Å². The van der Waals surface area contributed by atoms with Crippen molar-refractivity contribution in [2.24, 2.45) is 0 Å². The molecule has 0 spiro atoms.